The van der Waals surface area contributed by atoms with Gasteiger partial charge in [-0.2, -0.15) is 4.98 Å². The monoisotopic (exact) mass is 401 g/mol. The minimum atomic E-state index is -0.0415. The molecule has 3 heterocycles. The van der Waals surface area contributed by atoms with Crippen LogP contribution in [0.1, 0.15) is 42.3 Å². The average Bonchev–Trinajstić information content (AvgIpc) is 3.13. The van der Waals surface area contributed by atoms with Gasteiger partial charge in [-0.15, -0.1) is 0 Å². The third-order valence-corrected chi connectivity index (χ3v) is 5.92. The first kappa shape index (κ1) is 18.5. The van der Waals surface area contributed by atoms with Crippen LogP contribution in [0.3, 0.4) is 0 Å². The standard InChI is InChI=1S/C23H23N5O2/c1-13-7-8-17(25-23-26-21(30-27-23)15-5-4-6-15)11-18(13)19-10-16-12-24-14(2)9-20(16)28(3)22(19)29/h7-12,15H,4-6H2,1-3H3,(H,25,27). The zero-order valence-electron chi connectivity index (χ0n) is 17.3. The molecular weight excluding hydrogens is 378 g/mol. The Kier molecular flexibility index (Phi) is 4.38. The van der Waals surface area contributed by atoms with Crippen molar-refractivity contribution in [2.24, 2.45) is 7.05 Å². The number of nitrogens with one attached hydrogen (secondary N) is 1. The van der Waals surface area contributed by atoms with Gasteiger partial charge in [0, 0.05) is 41.5 Å². The van der Waals surface area contributed by atoms with Crippen molar-refractivity contribution in [3.63, 3.8) is 0 Å². The molecule has 30 heavy (non-hydrogen) atoms. The number of aryl methyl sites for hydroxylation is 3. The van der Waals surface area contributed by atoms with Crippen molar-refractivity contribution in [3.8, 4) is 11.1 Å². The lowest BCUT2D eigenvalue weighted by Gasteiger charge is -2.20. The number of pyridine rings is 2. The molecule has 152 valence electrons. The molecule has 3 aromatic heterocycles. The Morgan fingerprint density at radius 1 is 1.13 bits per heavy atom. The summed E-state index contributed by atoms with van der Waals surface area (Å²) >= 11 is 0. The molecule has 0 radical (unpaired) electrons. The van der Waals surface area contributed by atoms with Gasteiger partial charge in [0.15, 0.2) is 0 Å². The van der Waals surface area contributed by atoms with Crippen molar-refractivity contribution < 1.29 is 4.52 Å². The summed E-state index contributed by atoms with van der Waals surface area (Å²) in [5.41, 5.74) is 5.04. The molecular formula is C23H23N5O2. The Hall–Kier alpha value is -3.48. The largest absolute Gasteiger partial charge is 0.337 e. The van der Waals surface area contributed by atoms with Crippen LogP contribution in [0.25, 0.3) is 22.0 Å². The lowest BCUT2D eigenvalue weighted by atomic mass is 9.85. The third kappa shape index (κ3) is 3.16. The molecule has 0 spiro atoms. The van der Waals surface area contributed by atoms with E-state index in [0.717, 1.165) is 46.3 Å². The normalized spacial score (nSPS) is 14.1. The van der Waals surface area contributed by atoms with E-state index in [1.807, 2.05) is 50.4 Å². The number of fused-ring (bicyclic) bond motifs is 1. The van der Waals surface area contributed by atoms with Gasteiger partial charge in [-0.05, 0) is 67.2 Å². The van der Waals surface area contributed by atoms with E-state index in [1.165, 1.54) is 6.42 Å². The highest BCUT2D eigenvalue weighted by molar-refractivity contribution is 5.85. The fourth-order valence-electron chi connectivity index (χ4n) is 3.88. The van der Waals surface area contributed by atoms with Crippen molar-refractivity contribution in [2.45, 2.75) is 39.0 Å². The van der Waals surface area contributed by atoms with Crippen LogP contribution in [0, 0.1) is 13.8 Å². The summed E-state index contributed by atoms with van der Waals surface area (Å²) < 4.78 is 7.07. The topological polar surface area (TPSA) is 85.8 Å². The number of hydrogen-bond donors (Lipinski definition) is 1. The quantitative estimate of drug-likeness (QED) is 0.537. The van der Waals surface area contributed by atoms with E-state index in [0.29, 0.717) is 23.3 Å². The van der Waals surface area contributed by atoms with Crippen molar-refractivity contribution in [1.29, 1.82) is 0 Å². The molecule has 1 saturated carbocycles. The fraction of sp³-hybridized carbons (Fsp3) is 0.304. The lowest BCUT2D eigenvalue weighted by molar-refractivity contribution is 0.292. The van der Waals surface area contributed by atoms with Crippen LogP contribution in [0.2, 0.25) is 0 Å². The number of anilines is 2. The van der Waals surface area contributed by atoms with Crippen LogP contribution in [-0.2, 0) is 7.05 Å². The summed E-state index contributed by atoms with van der Waals surface area (Å²) in [4.78, 5) is 22.0. The van der Waals surface area contributed by atoms with Crippen molar-refractivity contribution in [3.05, 3.63) is 64.0 Å². The molecule has 1 aromatic carbocycles. The zero-order chi connectivity index (χ0) is 20.8. The highest BCUT2D eigenvalue weighted by Gasteiger charge is 2.25. The summed E-state index contributed by atoms with van der Waals surface area (Å²) in [6.45, 7) is 3.92. The van der Waals surface area contributed by atoms with Gasteiger partial charge in [-0.1, -0.05) is 12.5 Å². The van der Waals surface area contributed by atoms with E-state index in [-0.39, 0.29) is 5.56 Å². The average molecular weight is 401 g/mol. The molecule has 1 aliphatic rings. The van der Waals surface area contributed by atoms with Crippen LogP contribution in [0.4, 0.5) is 11.6 Å². The Morgan fingerprint density at radius 3 is 2.73 bits per heavy atom. The van der Waals surface area contributed by atoms with Crippen LogP contribution >= 0.6 is 0 Å². The number of rotatable bonds is 4. The number of benzene rings is 1. The summed E-state index contributed by atoms with van der Waals surface area (Å²) in [6.07, 6.45) is 5.24. The second-order valence-corrected chi connectivity index (χ2v) is 8.05. The molecule has 0 aliphatic heterocycles. The first-order valence-corrected chi connectivity index (χ1v) is 10.2. The minimum absolute atomic E-state index is 0.0415. The van der Waals surface area contributed by atoms with E-state index in [1.54, 1.807) is 11.6 Å². The second kappa shape index (κ2) is 7.09. The van der Waals surface area contributed by atoms with E-state index in [2.05, 4.69) is 20.4 Å². The van der Waals surface area contributed by atoms with Crippen LogP contribution in [0.15, 0.2) is 45.8 Å². The molecule has 1 aliphatic carbocycles. The molecule has 1 N–H and O–H groups in total. The molecule has 0 bridgehead atoms. The maximum atomic E-state index is 13.1. The van der Waals surface area contributed by atoms with Gasteiger partial charge in [0.05, 0.1) is 5.52 Å². The van der Waals surface area contributed by atoms with E-state index in [9.17, 15) is 4.79 Å². The summed E-state index contributed by atoms with van der Waals surface area (Å²) in [5, 5.41) is 8.18. The zero-order valence-corrected chi connectivity index (χ0v) is 17.3. The Labute approximate surface area is 173 Å². The Bertz CT molecular complexity index is 1320. The number of nitrogens with zero attached hydrogens (tertiary/aromatic N) is 4. The van der Waals surface area contributed by atoms with Gasteiger partial charge < -0.3 is 14.4 Å². The van der Waals surface area contributed by atoms with Crippen LogP contribution in [0.5, 0.6) is 0 Å². The van der Waals surface area contributed by atoms with Crippen molar-refractivity contribution >= 4 is 22.5 Å². The van der Waals surface area contributed by atoms with Gasteiger partial charge in [0.1, 0.15) is 0 Å². The number of hydrogen-bond acceptors (Lipinski definition) is 6. The predicted molar refractivity (Wildman–Crippen MR) is 116 cm³/mol. The molecule has 5 rings (SSSR count). The maximum Gasteiger partial charge on any atom is 0.267 e. The Morgan fingerprint density at radius 2 is 1.97 bits per heavy atom. The van der Waals surface area contributed by atoms with Crippen molar-refractivity contribution in [2.75, 3.05) is 5.32 Å². The highest BCUT2D eigenvalue weighted by Crippen LogP contribution is 2.36. The molecule has 0 amide bonds. The van der Waals surface area contributed by atoms with E-state index >= 15 is 0 Å². The lowest BCUT2D eigenvalue weighted by Crippen LogP contribution is -2.19. The first-order chi connectivity index (χ1) is 14.5. The fourth-order valence-corrected chi connectivity index (χ4v) is 3.88. The molecule has 1 fully saturated rings. The van der Waals surface area contributed by atoms with Gasteiger partial charge in [-0.3, -0.25) is 9.78 Å². The molecule has 4 aromatic rings. The van der Waals surface area contributed by atoms with Crippen LogP contribution < -0.4 is 10.9 Å². The maximum absolute atomic E-state index is 13.1. The Balaban J connectivity index is 1.53. The van der Waals surface area contributed by atoms with E-state index in [4.69, 9.17) is 4.52 Å². The summed E-state index contributed by atoms with van der Waals surface area (Å²) in [6, 6.07) is 9.75. The second-order valence-electron chi connectivity index (χ2n) is 8.05. The summed E-state index contributed by atoms with van der Waals surface area (Å²) in [7, 11) is 1.80. The van der Waals surface area contributed by atoms with E-state index < -0.39 is 0 Å². The highest BCUT2D eigenvalue weighted by atomic mass is 16.5. The first-order valence-electron chi connectivity index (χ1n) is 10.2. The minimum Gasteiger partial charge on any atom is -0.337 e. The molecule has 0 saturated heterocycles. The predicted octanol–water partition coefficient (Wildman–Crippen LogP) is 4.61. The molecule has 7 nitrogen and oxygen atoms in total. The molecule has 7 heteroatoms. The van der Waals surface area contributed by atoms with Crippen molar-refractivity contribution in [1.82, 2.24) is 19.7 Å². The van der Waals surface area contributed by atoms with Gasteiger partial charge >= 0.3 is 0 Å². The molecule has 0 unspecified atom stereocenters. The van der Waals surface area contributed by atoms with Crippen LogP contribution in [-0.4, -0.2) is 19.7 Å². The number of aromatic nitrogens is 4. The smallest absolute Gasteiger partial charge is 0.267 e. The summed E-state index contributed by atoms with van der Waals surface area (Å²) in [5.74, 6) is 1.53. The SMILES string of the molecule is Cc1cc2c(cn1)cc(-c1cc(Nc3noc(C4CCC4)n3)ccc1C)c(=O)n2C. The molecule has 0 atom stereocenters. The third-order valence-electron chi connectivity index (χ3n) is 5.92. The van der Waals surface area contributed by atoms with Gasteiger partial charge in [0.2, 0.25) is 5.89 Å². The van der Waals surface area contributed by atoms with Gasteiger partial charge in [0.25, 0.3) is 11.5 Å². The van der Waals surface area contributed by atoms with Gasteiger partial charge in [-0.25, -0.2) is 0 Å².